The van der Waals surface area contributed by atoms with E-state index in [1.54, 1.807) is 31.2 Å². The third-order valence-electron chi connectivity index (χ3n) is 3.72. The fourth-order valence-electron chi connectivity index (χ4n) is 2.34. The van der Waals surface area contributed by atoms with E-state index in [9.17, 15) is 8.42 Å². The van der Waals surface area contributed by atoms with Crippen molar-refractivity contribution in [3.8, 4) is 11.5 Å². The molecule has 150 valence electrons. The van der Waals surface area contributed by atoms with Crippen LogP contribution in [0.2, 0.25) is 0 Å². The maximum Gasteiger partial charge on any atom is 0.339 e. The SMILES string of the molecule is CCNC(=S)NN=Cc1ccc(OS(=O)(=O)c2cc(C)ccc2C)c(OC)c1. The zero-order valence-electron chi connectivity index (χ0n) is 16.1. The van der Waals surface area contributed by atoms with Crippen LogP contribution in [0.4, 0.5) is 0 Å². The van der Waals surface area contributed by atoms with E-state index >= 15 is 0 Å². The van der Waals surface area contributed by atoms with Crippen LogP contribution in [-0.2, 0) is 10.1 Å². The number of nitrogens with one attached hydrogen (secondary N) is 2. The number of aryl methyl sites for hydroxylation is 2. The zero-order chi connectivity index (χ0) is 20.7. The summed E-state index contributed by atoms with van der Waals surface area (Å²) in [5.41, 5.74) is 4.79. The van der Waals surface area contributed by atoms with Crippen LogP contribution in [-0.4, -0.2) is 33.4 Å². The van der Waals surface area contributed by atoms with Crippen molar-refractivity contribution in [1.29, 1.82) is 0 Å². The Morgan fingerprint density at radius 3 is 2.61 bits per heavy atom. The zero-order valence-corrected chi connectivity index (χ0v) is 17.8. The third kappa shape index (κ3) is 5.67. The molecule has 0 saturated heterocycles. The van der Waals surface area contributed by atoms with Gasteiger partial charge < -0.3 is 14.2 Å². The van der Waals surface area contributed by atoms with Crippen molar-refractivity contribution in [3.05, 3.63) is 53.1 Å². The molecule has 0 aliphatic heterocycles. The van der Waals surface area contributed by atoms with Gasteiger partial charge in [0.05, 0.1) is 13.3 Å². The molecule has 0 amide bonds. The van der Waals surface area contributed by atoms with Gasteiger partial charge in [0.25, 0.3) is 0 Å². The second kappa shape index (κ2) is 9.52. The van der Waals surface area contributed by atoms with Gasteiger partial charge in [0.15, 0.2) is 16.6 Å². The summed E-state index contributed by atoms with van der Waals surface area (Å²) in [6, 6.07) is 9.97. The monoisotopic (exact) mass is 421 g/mol. The second-order valence-electron chi connectivity index (χ2n) is 5.95. The standard InChI is InChI=1S/C19H23N3O4S2/c1-5-20-19(27)22-21-12-15-8-9-16(17(11-15)25-4)26-28(23,24)18-10-13(2)6-7-14(18)3/h6-12H,5H2,1-4H3,(H2,20,22,27). The Hall–Kier alpha value is -2.65. The Labute approximate surface area is 170 Å². The first kappa shape index (κ1) is 21.6. The summed E-state index contributed by atoms with van der Waals surface area (Å²) in [4.78, 5) is 0.126. The van der Waals surface area contributed by atoms with E-state index < -0.39 is 10.1 Å². The average Bonchev–Trinajstić information content (AvgIpc) is 2.64. The number of hydrogen-bond acceptors (Lipinski definition) is 6. The van der Waals surface area contributed by atoms with Crippen LogP contribution in [0.15, 0.2) is 46.4 Å². The molecule has 0 bridgehead atoms. The number of nitrogens with zero attached hydrogens (tertiary/aromatic N) is 1. The first-order chi connectivity index (χ1) is 13.3. The van der Waals surface area contributed by atoms with Crippen molar-refractivity contribution in [1.82, 2.24) is 10.7 Å². The molecule has 0 aliphatic carbocycles. The van der Waals surface area contributed by atoms with Gasteiger partial charge in [0.1, 0.15) is 4.90 Å². The minimum Gasteiger partial charge on any atom is -0.493 e. The predicted molar refractivity (Wildman–Crippen MR) is 114 cm³/mol. The Morgan fingerprint density at radius 1 is 1.18 bits per heavy atom. The summed E-state index contributed by atoms with van der Waals surface area (Å²) in [6.45, 7) is 6.16. The van der Waals surface area contributed by atoms with Gasteiger partial charge in [-0.2, -0.15) is 13.5 Å². The molecule has 2 rings (SSSR count). The van der Waals surface area contributed by atoms with Gasteiger partial charge >= 0.3 is 10.1 Å². The summed E-state index contributed by atoms with van der Waals surface area (Å²) in [5.74, 6) is 0.365. The van der Waals surface area contributed by atoms with E-state index in [4.69, 9.17) is 21.1 Å². The molecule has 0 aliphatic rings. The fraction of sp³-hybridized carbons (Fsp3) is 0.263. The van der Waals surface area contributed by atoms with E-state index in [0.717, 1.165) is 5.56 Å². The van der Waals surface area contributed by atoms with E-state index in [-0.39, 0.29) is 16.4 Å². The first-order valence-electron chi connectivity index (χ1n) is 8.53. The van der Waals surface area contributed by atoms with Crippen LogP contribution in [0, 0.1) is 13.8 Å². The molecule has 0 spiro atoms. The normalized spacial score (nSPS) is 11.3. The Morgan fingerprint density at radius 2 is 1.93 bits per heavy atom. The van der Waals surface area contributed by atoms with Gasteiger partial charge in [-0.3, -0.25) is 5.43 Å². The molecule has 28 heavy (non-hydrogen) atoms. The highest BCUT2D eigenvalue weighted by molar-refractivity contribution is 7.87. The van der Waals surface area contributed by atoms with Crippen molar-refractivity contribution < 1.29 is 17.3 Å². The predicted octanol–water partition coefficient (Wildman–Crippen LogP) is 2.90. The Bertz CT molecular complexity index is 989. The number of hydrazone groups is 1. The maximum atomic E-state index is 12.7. The number of methoxy groups -OCH3 is 1. The molecule has 0 saturated carbocycles. The van der Waals surface area contributed by atoms with E-state index in [1.807, 2.05) is 19.9 Å². The minimum absolute atomic E-state index is 0.0942. The topological polar surface area (TPSA) is 89.0 Å². The van der Waals surface area contributed by atoms with Gasteiger partial charge in [-0.15, -0.1) is 0 Å². The molecule has 7 nitrogen and oxygen atoms in total. The summed E-state index contributed by atoms with van der Waals surface area (Å²) in [7, 11) is -2.56. The van der Waals surface area contributed by atoms with Crippen molar-refractivity contribution in [2.45, 2.75) is 25.7 Å². The molecule has 0 fully saturated rings. The Balaban J connectivity index is 2.23. The quantitative estimate of drug-likeness (QED) is 0.307. The third-order valence-corrected chi connectivity index (χ3v) is 5.33. The first-order valence-corrected chi connectivity index (χ1v) is 10.3. The average molecular weight is 422 g/mol. The smallest absolute Gasteiger partial charge is 0.339 e. The lowest BCUT2D eigenvalue weighted by Gasteiger charge is -2.13. The summed E-state index contributed by atoms with van der Waals surface area (Å²) < 4.78 is 36.0. The van der Waals surface area contributed by atoms with Crippen molar-refractivity contribution in [2.75, 3.05) is 13.7 Å². The second-order valence-corrected chi connectivity index (χ2v) is 7.87. The number of thiocarbonyl (C=S) groups is 1. The molecular weight excluding hydrogens is 398 g/mol. The minimum atomic E-state index is -4.00. The summed E-state index contributed by atoms with van der Waals surface area (Å²) in [5, 5.41) is 7.33. The van der Waals surface area contributed by atoms with Crippen molar-refractivity contribution in [3.63, 3.8) is 0 Å². The number of ether oxygens (including phenoxy) is 1. The molecule has 2 aromatic carbocycles. The lowest BCUT2D eigenvalue weighted by Crippen LogP contribution is -2.31. The van der Waals surface area contributed by atoms with E-state index in [0.29, 0.717) is 22.8 Å². The molecule has 0 heterocycles. The number of rotatable bonds is 7. The summed E-state index contributed by atoms with van der Waals surface area (Å²) >= 11 is 5.02. The largest absolute Gasteiger partial charge is 0.493 e. The molecule has 0 unspecified atom stereocenters. The fourth-order valence-corrected chi connectivity index (χ4v) is 3.79. The number of hydrogen-bond donors (Lipinski definition) is 2. The van der Waals surface area contributed by atoms with Crippen LogP contribution >= 0.6 is 12.2 Å². The molecule has 2 N–H and O–H groups in total. The lowest BCUT2D eigenvalue weighted by molar-refractivity contribution is 0.390. The lowest BCUT2D eigenvalue weighted by atomic mass is 10.2. The van der Waals surface area contributed by atoms with Crippen molar-refractivity contribution in [2.24, 2.45) is 5.10 Å². The van der Waals surface area contributed by atoms with Gasteiger partial charge in [-0.05, 0) is 73.9 Å². The van der Waals surface area contributed by atoms with E-state index in [2.05, 4.69) is 15.8 Å². The molecular formula is C19H23N3O4S2. The van der Waals surface area contributed by atoms with Crippen molar-refractivity contribution >= 4 is 33.7 Å². The molecule has 9 heteroatoms. The molecule has 0 atom stereocenters. The van der Waals surface area contributed by atoms with Gasteiger partial charge in [0, 0.05) is 6.54 Å². The molecule has 0 aromatic heterocycles. The summed E-state index contributed by atoms with van der Waals surface area (Å²) in [6.07, 6.45) is 1.54. The Kier molecular flexibility index (Phi) is 7.36. The van der Waals surface area contributed by atoms with Crippen LogP contribution in [0.5, 0.6) is 11.5 Å². The van der Waals surface area contributed by atoms with Crippen LogP contribution in [0.3, 0.4) is 0 Å². The van der Waals surface area contributed by atoms with E-state index in [1.165, 1.54) is 19.4 Å². The molecule has 2 aromatic rings. The van der Waals surface area contributed by atoms with Crippen LogP contribution in [0.25, 0.3) is 0 Å². The maximum absolute atomic E-state index is 12.7. The van der Waals surface area contributed by atoms with Gasteiger partial charge in [0.2, 0.25) is 0 Å². The van der Waals surface area contributed by atoms with Crippen LogP contribution < -0.4 is 19.7 Å². The highest BCUT2D eigenvalue weighted by Gasteiger charge is 2.21. The highest BCUT2D eigenvalue weighted by atomic mass is 32.2. The van der Waals surface area contributed by atoms with Gasteiger partial charge in [-0.1, -0.05) is 12.1 Å². The highest BCUT2D eigenvalue weighted by Crippen LogP contribution is 2.31. The van der Waals surface area contributed by atoms with Gasteiger partial charge in [-0.25, -0.2) is 0 Å². The molecule has 0 radical (unpaired) electrons. The van der Waals surface area contributed by atoms with Crippen LogP contribution in [0.1, 0.15) is 23.6 Å². The number of benzene rings is 2.